The SMILES string of the molecule is CC(C)Cn1c(=O)[nH]c(=O)c2c(C(=O)N3CCCC3CN)cc(C(C)C)nc21. The zero-order chi connectivity index (χ0) is 20.6. The second kappa shape index (κ2) is 7.87. The molecular weight excluding hydrogens is 358 g/mol. The van der Waals surface area contributed by atoms with Gasteiger partial charge in [0.15, 0.2) is 5.65 Å². The van der Waals surface area contributed by atoms with Gasteiger partial charge in [0.05, 0.1) is 10.9 Å². The maximum absolute atomic E-state index is 13.4. The number of aromatic nitrogens is 3. The maximum Gasteiger partial charge on any atom is 0.330 e. The number of carbonyl (C=O) groups is 1. The van der Waals surface area contributed by atoms with Crippen molar-refractivity contribution in [1.29, 1.82) is 0 Å². The van der Waals surface area contributed by atoms with E-state index in [9.17, 15) is 14.4 Å². The summed E-state index contributed by atoms with van der Waals surface area (Å²) < 4.78 is 1.47. The molecule has 3 N–H and O–H groups in total. The molecule has 1 unspecified atom stereocenters. The highest BCUT2D eigenvalue weighted by Crippen LogP contribution is 2.25. The van der Waals surface area contributed by atoms with Crippen LogP contribution in [-0.2, 0) is 6.54 Å². The van der Waals surface area contributed by atoms with E-state index >= 15 is 0 Å². The normalized spacial score (nSPS) is 17.2. The van der Waals surface area contributed by atoms with Crippen molar-refractivity contribution < 1.29 is 4.79 Å². The molecule has 0 spiro atoms. The number of nitrogens with two attached hydrogens (primary N) is 1. The largest absolute Gasteiger partial charge is 0.334 e. The Hall–Kier alpha value is -2.48. The first-order valence-corrected chi connectivity index (χ1v) is 9.93. The Morgan fingerprint density at radius 3 is 2.64 bits per heavy atom. The van der Waals surface area contributed by atoms with Gasteiger partial charge in [0.1, 0.15) is 0 Å². The fraction of sp³-hybridized carbons (Fsp3) is 0.600. The van der Waals surface area contributed by atoms with Crippen LogP contribution in [0.5, 0.6) is 0 Å². The molecule has 3 rings (SSSR count). The number of hydrogen-bond donors (Lipinski definition) is 2. The molecule has 1 aliphatic rings. The lowest BCUT2D eigenvalue weighted by Crippen LogP contribution is -2.41. The van der Waals surface area contributed by atoms with Crippen LogP contribution in [0.4, 0.5) is 0 Å². The van der Waals surface area contributed by atoms with Crippen molar-refractivity contribution in [1.82, 2.24) is 19.4 Å². The molecule has 0 aliphatic carbocycles. The Morgan fingerprint density at radius 2 is 2.04 bits per heavy atom. The molecule has 0 aromatic carbocycles. The van der Waals surface area contributed by atoms with E-state index < -0.39 is 11.2 Å². The first kappa shape index (κ1) is 20.3. The molecule has 152 valence electrons. The fourth-order valence-electron chi connectivity index (χ4n) is 3.80. The van der Waals surface area contributed by atoms with Crippen LogP contribution in [0.3, 0.4) is 0 Å². The number of likely N-dealkylation sites (tertiary alicyclic amines) is 1. The topological polar surface area (TPSA) is 114 Å². The van der Waals surface area contributed by atoms with Crippen molar-refractivity contribution in [3.8, 4) is 0 Å². The lowest BCUT2D eigenvalue weighted by molar-refractivity contribution is 0.0743. The van der Waals surface area contributed by atoms with Gasteiger partial charge in [-0.15, -0.1) is 0 Å². The number of nitrogens with one attached hydrogen (secondary N) is 1. The molecular formula is C20H29N5O3. The highest BCUT2D eigenvalue weighted by molar-refractivity contribution is 6.05. The lowest BCUT2D eigenvalue weighted by atomic mass is 10.0. The van der Waals surface area contributed by atoms with Gasteiger partial charge in [-0.1, -0.05) is 27.7 Å². The Kier molecular flexibility index (Phi) is 5.69. The van der Waals surface area contributed by atoms with E-state index in [2.05, 4.69) is 9.97 Å². The number of hydrogen-bond acceptors (Lipinski definition) is 5. The molecule has 8 heteroatoms. The van der Waals surface area contributed by atoms with E-state index in [1.807, 2.05) is 27.7 Å². The quantitative estimate of drug-likeness (QED) is 0.805. The van der Waals surface area contributed by atoms with E-state index in [1.54, 1.807) is 11.0 Å². The van der Waals surface area contributed by atoms with Gasteiger partial charge >= 0.3 is 5.69 Å². The molecule has 1 fully saturated rings. The molecule has 3 heterocycles. The van der Waals surface area contributed by atoms with Crippen LogP contribution >= 0.6 is 0 Å². The number of carbonyl (C=O) groups excluding carboxylic acids is 1. The van der Waals surface area contributed by atoms with Gasteiger partial charge in [0.25, 0.3) is 11.5 Å². The molecule has 0 bridgehead atoms. The van der Waals surface area contributed by atoms with Crippen molar-refractivity contribution in [2.45, 2.75) is 59.0 Å². The van der Waals surface area contributed by atoms with Crippen molar-refractivity contribution in [2.24, 2.45) is 11.7 Å². The summed E-state index contributed by atoms with van der Waals surface area (Å²) in [7, 11) is 0. The monoisotopic (exact) mass is 387 g/mol. The van der Waals surface area contributed by atoms with E-state index in [0.717, 1.165) is 12.8 Å². The molecule has 28 heavy (non-hydrogen) atoms. The molecule has 1 aliphatic heterocycles. The minimum atomic E-state index is -0.574. The zero-order valence-electron chi connectivity index (χ0n) is 17.0. The van der Waals surface area contributed by atoms with Crippen LogP contribution < -0.4 is 17.0 Å². The second-order valence-electron chi connectivity index (χ2n) is 8.24. The van der Waals surface area contributed by atoms with Gasteiger partial charge in [-0.3, -0.25) is 19.1 Å². The summed E-state index contributed by atoms with van der Waals surface area (Å²) in [5, 5.41) is 0.178. The lowest BCUT2D eigenvalue weighted by Gasteiger charge is -2.24. The Bertz CT molecular complexity index is 1010. The molecule has 8 nitrogen and oxygen atoms in total. The molecule has 0 radical (unpaired) electrons. The maximum atomic E-state index is 13.4. The first-order chi connectivity index (χ1) is 13.2. The van der Waals surface area contributed by atoms with Crippen molar-refractivity contribution >= 4 is 16.9 Å². The number of fused-ring (bicyclic) bond motifs is 1. The number of rotatable bonds is 5. The van der Waals surface area contributed by atoms with Crippen LogP contribution in [0, 0.1) is 5.92 Å². The van der Waals surface area contributed by atoms with E-state index in [1.165, 1.54) is 4.57 Å². The van der Waals surface area contributed by atoms with Crippen LogP contribution in [0.25, 0.3) is 11.0 Å². The number of nitrogens with zero attached hydrogens (tertiary/aromatic N) is 3. The third-order valence-corrected chi connectivity index (χ3v) is 5.25. The Morgan fingerprint density at radius 1 is 1.32 bits per heavy atom. The summed E-state index contributed by atoms with van der Waals surface area (Å²) in [5.74, 6) is -0.000110. The first-order valence-electron chi connectivity index (χ1n) is 9.93. The average Bonchev–Trinajstić information content (AvgIpc) is 3.11. The van der Waals surface area contributed by atoms with Crippen LogP contribution in [-0.4, -0.2) is 44.5 Å². The summed E-state index contributed by atoms with van der Waals surface area (Å²) >= 11 is 0. The van der Waals surface area contributed by atoms with Crippen LogP contribution in [0.2, 0.25) is 0 Å². The molecule has 1 saturated heterocycles. The summed E-state index contributed by atoms with van der Waals surface area (Å²) in [6.45, 7) is 9.32. The Labute approximate surface area is 163 Å². The van der Waals surface area contributed by atoms with Gasteiger partial charge in [-0.2, -0.15) is 0 Å². The number of aromatic amines is 1. The number of amides is 1. The molecule has 1 amide bonds. The standard InChI is InChI=1S/C20H29N5O3/c1-11(2)10-25-17-16(18(26)23-20(25)28)14(8-15(22-17)12(3)4)19(27)24-7-5-6-13(24)9-21/h8,11-13H,5-7,9-10,21H2,1-4H3,(H,23,26,28). The molecule has 0 saturated carbocycles. The summed E-state index contributed by atoms with van der Waals surface area (Å²) in [6.07, 6.45) is 1.75. The van der Waals surface area contributed by atoms with Gasteiger partial charge in [0.2, 0.25) is 0 Å². The van der Waals surface area contributed by atoms with Crippen LogP contribution in [0.15, 0.2) is 15.7 Å². The van der Waals surface area contributed by atoms with E-state index in [-0.39, 0.29) is 34.8 Å². The predicted molar refractivity (Wildman–Crippen MR) is 109 cm³/mol. The van der Waals surface area contributed by atoms with E-state index in [4.69, 9.17) is 5.73 Å². The van der Waals surface area contributed by atoms with Gasteiger partial charge in [-0.25, -0.2) is 9.78 Å². The number of pyridine rings is 1. The van der Waals surface area contributed by atoms with Gasteiger partial charge < -0.3 is 10.6 Å². The summed E-state index contributed by atoms with van der Waals surface area (Å²) in [4.78, 5) is 47.3. The molecule has 1 atom stereocenters. The smallest absolute Gasteiger partial charge is 0.330 e. The van der Waals surface area contributed by atoms with Crippen LogP contribution in [0.1, 0.15) is 62.5 Å². The van der Waals surface area contributed by atoms with Crippen molar-refractivity contribution in [3.63, 3.8) is 0 Å². The Balaban J connectivity index is 2.31. The third kappa shape index (κ3) is 3.61. The fourth-order valence-corrected chi connectivity index (χ4v) is 3.80. The average molecular weight is 387 g/mol. The minimum absolute atomic E-state index is 0.0288. The van der Waals surface area contributed by atoms with Gasteiger partial charge in [-0.05, 0) is 30.7 Å². The molecule has 2 aromatic heterocycles. The summed E-state index contributed by atoms with van der Waals surface area (Å²) in [5.41, 5.74) is 6.02. The minimum Gasteiger partial charge on any atom is -0.334 e. The number of H-pyrrole nitrogens is 1. The van der Waals surface area contributed by atoms with Crippen molar-refractivity contribution in [2.75, 3.05) is 13.1 Å². The van der Waals surface area contributed by atoms with Gasteiger partial charge in [0, 0.05) is 31.4 Å². The molecule has 2 aromatic rings. The van der Waals surface area contributed by atoms with E-state index in [0.29, 0.717) is 30.9 Å². The zero-order valence-corrected chi connectivity index (χ0v) is 17.0. The highest BCUT2D eigenvalue weighted by atomic mass is 16.2. The third-order valence-electron chi connectivity index (χ3n) is 5.25. The highest BCUT2D eigenvalue weighted by Gasteiger charge is 2.31. The summed E-state index contributed by atoms with van der Waals surface area (Å²) in [6, 6.07) is 1.67. The second-order valence-corrected chi connectivity index (χ2v) is 8.24. The predicted octanol–water partition coefficient (Wildman–Crippen LogP) is 1.43. The van der Waals surface area contributed by atoms with Crippen molar-refractivity contribution in [3.05, 3.63) is 38.2 Å².